The lowest BCUT2D eigenvalue weighted by Crippen LogP contribution is -2.51. The highest BCUT2D eigenvalue weighted by molar-refractivity contribution is 7.93. The zero-order valence-electron chi connectivity index (χ0n) is 30.9. The van der Waals surface area contributed by atoms with Gasteiger partial charge >= 0.3 is 0 Å². The van der Waals surface area contributed by atoms with E-state index in [1.54, 1.807) is 97.1 Å². The van der Waals surface area contributed by atoms with Crippen molar-refractivity contribution in [3.8, 4) is 11.5 Å². The summed E-state index contributed by atoms with van der Waals surface area (Å²) in [6.07, 6.45) is 0. The Morgan fingerprint density at radius 3 is 1.16 bits per heavy atom. The van der Waals surface area contributed by atoms with Gasteiger partial charge in [-0.2, -0.15) is 0 Å². The Hall–Kier alpha value is -6.78. The average molecular weight is 819 g/mol. The maximum atomic E-state index is 15.3. The van der Waals surface area contributed by atoms with E-state index in [9.17, 15) is 20.2 Å². The molecule has 0 radical (unpaired) electrons. The smallest absolute Gasteiger partial charge is 0.289 e. The van der Waals surface area contributed by atoms with Gasteiger partial charge in [0.15, 0.2) is 9.79 Å². The molecule has 6 aromatic rings. The summed E-state index contributed by atoms with van der Waals surface area (Å²) in [5.41, 5.74) is 0.953. The van der Waals surface area contributed by atoms with Gasteiger partial charge in [-0.25, -0.2) is 16.8 Å². The molecule has 14 nitrogen and oxygen atoms in total. The van der Waals surface area contributed by atoms with E-state index in [-0.39, 0.29) is 11.4 Å². The number of nitro benzene ring substituents is 2. The minimum atomic E-state index is -4.77. The van der Waals surface area contributed by atoms with Crippen LogP contribution in [0.4, 0.5) is 22.7 Å². The molecule has 2 heterocycles. The number of rotatable bonds is 10. The van der Waals surface area contributed by atoms with E-state index in [1.807, 2.05) is 0 Å². The molecule has 0 bridgehead atoms. The van der Waals surface area contributed by atoms with Crippen LogP contribution in [0.2, 0.25) is 0 Å². The monoisotopic (exact) mass is 818 g/mol. The first-order valence-corrected chi connectivity index (χ1v) is 20.8. The minimum absolute atomic E-state index is 0.170. The van der Waals surface area contributed by atoms with E-state index in [1.165, 1.54) is 59.2 Å². The van der Waals surface area contributed by atoms with Gasteiger partial charge in [0.05, 0.1) is 47.5 Å². The number of nitrogens with zero attached hydrogens (tertiary/aromatic N) is 4. The Morgan fingerprint density at radius 2 is 0.810 bits per heavy atom. The second-order valence-electron chi connectivity index (χ2n) is 13.7. The normalized spacial score (nSPS) is 18.7. The number of para-hydroxylation sites is 4. The molecular weight excluding hydrogens is 785 g/mol. The van der Waals surface area contributed by atoms with Crippen molar-refractivity contribution in [1.82, 2.24) is 0 Å². The van der Waals surface area contributed by atoms with E-state index in [4.69, 9.17) is 9.47 Å². The van der Waals surface area contributed by atoms with E-state index in [2.05, 4.69) is 0 Å². The fraction of sp³-hybridized carbons (Fsp3) is 0.143. The molecule has 16 heteroatoms. The van der Waals surface area contributed by atoms with Gasteiger partial charge < -0.3 is 9.47 Å². The predicted octanol–water partition coefficient (Wildman–Crippen LogP) is 8.29. The molecule has 0 N–H and O–H groups in total. The lowest BCUT2D eigenvalue weighted by molar-refractivity contribution is -0.388. The third-order valence-corrected chi connectivity index (χ3v) is 14.4. The van der Waals surface area contributed by atoms with E-state index < -0.39 is 75.0 Å². The van der Waals surface area contributed by atoms with Crippen LogP contribution in [0.3, 0.4) is 0 Å². The number of sulfonamides is 2. The molecule has 8 rings (SSSR count). The molecule has 0 unspecified atom stereocenters. The number of methoxy groups -OCH3 is 2. The van der Waals surface area contributed by atoms with Crippen LogP contribution in [0.15, 0.2) is 155 Å². The van der Waals surface area contributed by atoms with Crippen molar-refractivity contribution >= 4 is 42.8 Å². The molecule has 0 saturated carbocycles. The second-order valence-corrected chi connectivity index (χ2v) is 17.2. The lowest BCUT2D eigenvalue weighted by atomic mass is 9.65. The standard InChI is InChI=1S/C42H34N4O10S2/c1-55-29-23-19-27(20-24-29)41-39-31-11-3-6-14-34(31)44(58(53,54)38-18-10-8-16-36(38)46(49)50)42(28-21-25-30(56-2)26-22-28)40(39)32-12-4-5-13-33(32)43(41)57(51,52)37-17-9-7-15-35(37)45(47)48/h3-26,39-42H,1-2H3/t39-,40+,41+,42-. The highest BCUT2D eigenvalue weighted by atomic mass is 32.2. The minimum Gasteiger partial charge on any atom is -0.497 e. The maximum absolute atomic E-state index is 15.3. The van der Waals surface area contributed by atoms with Crippen LogP contribution >= 0.6 is 0 Å². The van der Waals surface area contributed by atoms with Gasteiger partial charge in [-0.1, -0.05) is 84.9 Å². The first-order chi connectivity index (χ1) is 27.9. The van der Waals surface area contributed by atoms with Crippen LogP contribution in [0.5, 0.6) is 11.5 Å². The molecule has 58 heavy (non-hydrogen) atoms. The van der Waals surface area contributed by atoms with Crippen LogP contribution in [-0.2, 0) is 20.0 Å². The number of fused-ring (bicyclic) bond motifs is 5. The summed E-state index contributed by atoms with van der Waals surface area (Å²) >= 11 is 0. The number of nitro groups is 2. The summed E-state index contributed by atoms with van der Waals surface area (Å²) in [5, 5.41) is 24.7. The number of benzene rings is 6. The van der Waals surface area contributed by atoms with Gasteiger partial charge in [0, 0.05) is 24.0 Å². The molecule has 2 aliphatic rings. The van der Waals surface area contributed by atoms with Crippen molar-refractivity contribution in [2.45, 2.75) is 33.7 Å². The zero-order valence-corrected chi connectivity index (χ0v) is 32.5. The third kappa shape index (κ3) is 6.08. The van der Waals surface area contributed by atoms with E-state index in [0.29, 0.717) is 33.8 Å². The molecule has 294 valence electrons. The first kappa shape index (κ1) is 38.1. The Balaban J connectivity index is 1.50. The van der Waals surface area contributed by atoms with Crippen molar-refractivity contribution in [2.75, 3.05) is 22.8 Å². The quantitative estimate of drug-likeness (QED) is 0.0964. The largest absolute Gasteiger partial charge is 0.497 e. The molecule has 0 saturated heterocycles. The molecule has 6 aromatic carbocycles. The molecule has 4 atom stereocenters. The van der Waals surface area contributed by atoms with E-state index in [0.717, 1.165) is 12.1 Å². The van der Waals surface area contributed by atoms with Crippen molar-refractivity contribution in [2.24, 2.45) is 0 Å². The molecule has 2 aliphatic heterocycles. The molecule has 0 fully saturated rings. The fourth-order valence-corrected chi connectivity index (χ4v) is 12.1. The zero-order chi connectivity index (χ0) is 40.9. The number of ether oxygens (including phenoxy) is 2. The van der Waals surface area contributed by atoms with E-state index >= 15 is 16.8 Å². The van der Waals surface area contributed by atoms with Crippen molar-refractivity contribution in [3.05, 3.63) is 188 Å². The highest BCUT2D eigenvalue weighted by Gasteiger charge is 2.57. The summed E-state index contributed by atoms with van der Waals surface area (Å²) < 4.78 is 74.6. The molecular formula is C42H34N4O10S2. The van der Waals surface area contributed by atoms with Gasteiger partial charge in [0.25, 0.3) is 31.4 Å². The Labute approximate surface area is 333 Å². The summed E-state index contributed by atoms with van der Waals surface area (Å²) in [5.74, 6) is -0.735. The van der Waals surface area contributed by atoms with Crippen molar-refractivity contribution < 1.29 is 36.2 Å². The van der Waals surface area contributed by atoms with Crippen molar-refractivity contribution in [1.29, 1.82) is 0 Å². The van der Waals surface area contributed by atoms with Gasteiger partial charge in [-0.15, -0.1) is 0 Å². The molecule has 0 spiro atoms. The average Bonchev–Trinajstić information content (AvgIpc) is 3.25. The molecule has 0 amide bonds. The summed E-state index contributed by atoms with van der Waals surface area (Å²) in [7, 11) is -6.55. The second kappa shape index (κ2) is 14.6. The number of hydrogen-bond acceptors (Lipinski definition) is 10. The van der Waals surface area contributed by atoms with Gasteiger partial charge in [-0.3, -0.25) is 28.8 Å². The number of hydrogen-bond donors (Lipinski definition) is 0. The summed E-state index contributed by atoms with van der Waals surface area (Å²) in [4.78, 5) is 22.2. The van der Waals surface area contributed by atoms with Crippen LogP contribution in [0.1, 0.15) is 46.2 Å². The van der Waals surface area contributed by atoms with Crippen LogP contribution < -0.4 is 18.1 Å². The van der Waals surface area contributed by atoms with Gasteiger partial charge in [0.1, 0.15) is 11.5 Å². The maximum Gasteiger partial charge on any atom is 0.289 e. The summed E-state index contributed by atoms with van der Waals surface area (Å²) in [6.45, 7) is 0. The van der Waals surface area contributed by atoms with Gasteiger partial charge in [-0.05, 0) is 70.8 Å². The van der Waals surface area contributed by atoms with Crippen LogP contribution in [0.25, 0.3) is 0 Å². The lowest BCUT2D eigenvalue weighted by Gasteiger charge is -2.54. The fourth-order valence-electron chi connectivity index (χ4n) is 8.36. The third-order valence-electron chi connectivity index (χ3n) is 10.8. The molecule has 0 aliphatic carbocycles. The SMILES string of the molecule is COc1ccc([C@@H]2[C@H]3c4ccccc4N(S(=O)(=O)c4ccccc4[N+](=O)[O-])[C@@H](c4ccc(OC)cc4)[C@@H]3c3ccccc3N2S(=O)(=O)c2ccccc2[N+](=O)[O-])cc1. The predicted molar refractivity (Wildman–Crippen MR) is 215 cm³/mol. The number of anilines is 2. The Kier molecular flexibility index (Phi) is 9.61. The first-order valence-electron chi connectivity index (χ1n) is 17.9. The van der Waals surface area contributed by atoms with Crippen LogP contribution in [0, 0.1) is 20.2 Å². The van der Waals surface area contributed by atoms with Crippen molar-refractivity contribution in [3.63, 3.8) is 0 Å². The Bertz CT molecular complexity index is 2610. The van der Waals surface area contributed by atoms with Gasteiger partial charge in [0.2, 0.25) is 0 Å². The highest BCUT2D eigenvalue weighted by Crippen LogP contribution is 2.65. The summed E-state index contributed by atoms with van der Waals surface area (Å²) in [6, 6.07) is 35.0. The topological polar surface area (TPSA) is 179 Å². The Morgan fingerprint density at radius 1 is 0.483 bits per heavy atom. The van der Waals surface area contributed by atoms with Crippen LogP contribution in [-0.4, -0.2) is 40.9 Å². The molecule has 0 aromatic heterocycles.